The van der Waals surface area contributed by atoms with E-state index in [0.717, 1.165) is 28.2 Å². The van der Waals surface area contributed by atoms with Crippen molar-refractivity contribution in [2.24, 2.45) is 14.1 Å². The third-order valence-electron chi connectivity index (χ3n) is 2.88. The minimum Gasteiger partial charge on any atom is -0.316 e. The van der Waals surface area contributed by atoms with Crippen molar-refractivity contribution in [3.05, 3.63) is 17.1 Å². The molecule has 0 fully saturated rings. The summed E-state index contributed by atoms with van der Waals surface area (Å²) in [6.45, 7) is 4.78. The molecule has 2 rings (SSSR count). The van der Waals surface area contributed by atoms with Gasteiger partial charge in [-0.25, -0.2) is 0 Å². The number of aromatic nitrogens is 5. The van der Waals surface area contributed by atoms with Gasteiger partial charge in [0.25, 0.3) is 0 Å². The van der Waals surface area contributed by atoms with Crippen LogP contribution in [-0.4, -0.2) is 31.6 Å². The van der Waals surface area contributed by atoms with Gasteiger partial charge in [0.05, 0.1) is 5.69 Å². The maximum absolute atomic E-state index is 4.46. The zero-order chi connectivity index (χ0) is 13.3. The average molecular weight is 266 g/mol. The molecular weight excluding hydrogens is 248 g/mol. The Morgan fingerprint density at radius 2 is 1.94 bits per heavy atom. The summed E-state index contributed by atoms with van der Waals surface area (Å²) in [6, 6.07) is 0. The zero-order valence-electron chi connectivity index (χ0n) is 11.4. The van der Waals surface area contributed by atoms with E-state index < -0.39 is 0 Å². The van der Waals surface area contributed by atoms with Gasteiger partial charge >= 0.3 is 0 Å². The Hall–Kier alpha value is -1.34. The normalized spacial score (nSPS) is 11.2. The zero-order valence-corrected chi connectivity index (χ0v) is 12.2. The third-order valence-corrected chi connectivity index (χ3v) is 4.12. The molecule has 0 unspecified atom stereocenters. The first kappa shape index (κ1) is 13.1. The Kier molecular flexibility index (Phi) is 3.72. The summed E-state index contributed by atoms with van der Waals surface area (Å²) in [7, 11) is 5.86. The largest absolute Gasteiger partial charge is 0.316 e. The predicted molar refractivity (Wildman–Crippen MR) is 70.6 cm³/mol. The fourth-order valence-corrected chi connectivity index (χ4v) is 2.79. The van der Waals surface area contributed by atoms with Crippen molar-refractivity contribution in [2.45, 2.75) is 30.6 Å². The second-order valence-corrected chi connectivity index (χ2v) is 5.17. The van der Waals surface area contributed by atoms with Crippen molar-refractivity contribution in [3.8, 4) is 0 Å². The van der Waals surface area contributed by atoms with Gasteiger partial charge in [-0.3, -0.25) is 4.68 Å². The summed E-state index contributed by atoms with van der Waals surface area (Å²) >= 11 is 1.60. The van der Waals surface area contributed by atoms with Gasteiger partial charge < -0.3 is 9.88 Å². The van der Waals surface area contributed by atoms with E-state index in [-0.39, 0.29) is 0 Å². The van der Waals surface area contributed by atoms with Crippen LogP contribution in [-0.2, 0) is 20.6 Å². The second-order valence-electron chi connectivity index (χ2n) is 4.21. The Morgan fingerprint density at radius 1 is 1.22 bits per heavy atom. The topological polar surface area (TPSA) is 60.6 Å². The molecule has 0 bridgehead atoms. The first-order valence-corrected chi connectivity index (χ1v) is 6.57. The summed E-state index contributed by atoms with van der Waals surface area (Å²) in [4.78, 5) is 0. The average Bonchev–Trinajstić information content (AvgIpc) is 2.77. The van der Waals surface area contributed by atoms with Crippen molar-refractivity contribution in [3.63, 3.8) is 0 Å². The Labute approximate surface area is 111 Å². The SMILES string of the molecule is CNCc1c(C)nn(C)c1Sc1nnc(C)n1C. The third kappa shape index (κ3) is 2.28. The Balaban J connectivity index is 2.36. The van der Waals surface area contributed by atoms with Crippen LogP contribution in [0.5, 0.6) is 0 Å². The van der Waals surface area contributed by atoms with Gasteiger partial charge in [0.1, 0.15) is 10.9 Å². The van der Waals surface area contributed by atoms with E-state index >= 15 is 0 Å². The lowest BCUT2D eigenvalue weighted by Crippen LogP contribution is -2.07. The van der Waals surface area contributed by atoms with Crippen LogP contribution in [0.2, 0.25) is 0 Å². The molecule has 0 amide bonds. The highest BCUT2D eigenvalue weighted by molar-refractivity contribution is 7.99. The van der Waals surface area contributed by atoms with Gasteiger partial charge in [0.2, 0.25) is 0 Å². The number of hydrogen-bond donors (Lipinski definition) is 1. The molecule has 7 heteroatoms. The number of nitrogens with one attached hydrogen (secondary N) is 1. The molecule has 0 aliphatic heterocycles. The molecule has 0 aliphatic rings. The molecule has 0 radical (unpaired) electrons. The molecule has 0 spiro atoms. The highest BCUT2D eigenvalue weighted by Gasteiger charge is 2.16. The van der Waals surface area contributed by atoms with E-state index in [1.165, 1.54) is 5.56 Å². The fourth-order valence-electron chi connectivity index (χ4n) is 1.75. The van der Waals surface area contributed by atoms with Crippen LogP contribution in [0.1, 0.15) is 17.1 Å². The van der Waals surface area contributed by atoms with E-state index in [0.29, 0.717) is 0 Å². The van der Waals surface area contributed by atoms with Gasteiger partial charge in [0.15, 0.2) is 5.16 Å². The predicted octanol–water partition coefficient (Wildman–Crippen LogP) is 1.04. The molecule has 0 aliphatic carbocycles. The van der Waals surface area contributed by atoms with Crippen molar-refractivity contribution < 1.29 is 0 Å². The van der Waals surface area contributed by atoms with Crippen molar-refractivity contribution in [1.29, 1.82) is 0 Å². The quantitative estimate of drug-likeness (QED) is 0.896. The monoisotopic (exact) mass is 266 g/mol. The standard InChI is InChI=1S/C11H18N6S/c1-7-9(6-12-3)10(17(5)15-7)18-11-14-13-8(2)16(11)4/h12H,6H2,1-5H3. The highest BCUT2D eigenvalue weighted by Crippen LogP contribution is 2.30. The summed E-state index contributed by atoms with van der Waals surface area (Å²) in [6.07, 6.45) is 0. The molecule has 0 saturated carbocycles. The number of rotatable bonds is 4. The molecule has 2 heterocycles. The maximum Gasteiger partial charge on any atom is 0.197 e. The van der Waals surface area contributed by atoms with E-state index in [2.05, 4.69) is 20.6 Å². The molecule has 1 N–H and O–H groups in total. The molecule has 0 saturated heterocycles. The lowest BCUT2D eigenvalue weighted by Gasteiger charge is -2.05. The van der Waals surface area contributed by atoms with E-state index in [4.69, 9.17) is 0 Å². The van der Waals surface area contributed by atoms with Crippen molar-refractivity contribution in [1.82, 2.24) is 29.9 Å². The minimum atomic E-state index is 0.804. The molecule has 2 aromatic heterocycles. The summed E-state index contributed by atoms with van der Waals surface area (Å²) in [5, 5.41) is 17.9. The minimum absolute atomic E-state index is 0.804. The fraction of sp³-hybridized carbons (Fsp3) is 0.545. The summed E-state index contributed by atoms with van der Waals surface area (Å²) < 4.78 is 3.88. The first-order chi connectivity index (χ1) is 8.54. The molecule has 0 atom stereocenters. The van der Waals surface area contributed by atoms with E-state index in [1.54, 1.807) is 11.8 Å². The van der Waals surface area contributed by atoms with Crippen LogP contribution < -0.4 is 5.32 Å². The van der Waals surface area contributed by atoms with E-state index in [9.17, 15) is 0 Å². The Morgan fingerprint density at radius 3 is 2.50 bits per heavy atom. The first-order valence-electron chi connectivity index (χ1n) is 5.75. The van der Waals surface area contributed by atoms with Crippen LogP contribution in [0, 0.1) is 13.8 Å². The van der Waals surface area contributed by atoms with Crippen LogP contribution in [0.25, 0.3) is 0 Å². The Bertz CT molecular complexity index is 556. The summed E-state index contributed by atoms with van der Waals surface area (Å²) in [5.74, 6) is 0.909. The number of aryl methyl sites for hydroxylation is 3. The molecule has 18 heavy (non-hydrogen) atoms. The van der Waals surface area contributed by atoms with Crippen LogP contribution >= 0.6 is 11.8 Å². The smallest absolute Gasteiger partial charge is 0.197 e. The molecule has 0 aromatic carbocycles. The van der Waals surface area contributed by atoms with Crippen LogP contribution in [0.4, 0.5) is 0 Å². The molecular formula is C11H18N6S. The van der Waals surface area contributed by atoms with Crippen molar-refractivity contribution >= 4 is 11.8 Å². The lowest BCUT2D eigenvalue weighted by atomic mass is 10.3. The van der Waals surface area contributed by atoms with Gasteiger partial charge in [-0.05, 0) is 32.7 Å². The maximum atomic E-state index is 4.46. The lowest BCUT2D eigenvalue weighted by molar-refractivity contribution is 0.679. The van der Waals surface area contributed by atoms with Crippen LogP contribution in [0.15, 0.2) is 10.2 Å². The van der Waals surface area contributed by atoms with Gasteiger partial charge in [-0.1, -0.05) is 0 Å². The number of nitrogens with zero attached hydrogens (tertiary/aromatic N) is 5. The van der Waals surface area contributed by atoms with Gasteiger partial charge in [-0.15, -0.1) is 10.2 Å². The van der Waals surface area contributed by atoms with Crippen molar-refractivity contribution in [2.75, 3.05) is 7.05 Å². The van der Waals surface area contributed by atoms with E-state index in [1.807, 2.05) is 44.2 Å². The van der Waals surface area contributed by atoms with Gasteiger partial charge in [0, 0.05) is 26.2 Å². The molecule has 98 valence electrons. The van der Waals surface area contributed by atoms with Crippen LogP contribution in [0.3, 0.4) is 0 Å². The highest BCUT2D eigenvalue weighted by atomic mass is 32.2. The molecule has 2 aromatic rings. The summed E-state index contributed by atoms with van der Waals surface area (Å²) in [5.41, 5.74) is 2.26. The van der Waals surface area contributed by atoms with Gasteiger partial charge in [-0.2, -0.15) is 5.10 Å². The number of hydrogen-bond acceptors (Lipinski definition) is 5. The molecule has 6 nitrogen and oxygen atoms in total. The second kappa shape index (κ2) is 5.11.